The number of thiol groups is 1. The average molecular weight is 219 g/mol. The minimum absolute atomic E-state index is 0.487. The molecule has 0 radical (unpaired) electrons. The molecular weight excluding hydrogens is 194 g/mol. The van der Waals surface area contributed by atoms with E-state index in [4.69, 9.17) is 4.74 Å². The van der Waals surface area contributed by atoms with Gasteiger partial charge in [-0.05, 0) is 31.6 Å². The SMILES string of the molecule is COCC(C)N(C)CC(CS)C(C)C. The summed E-state index contributed by atoms with van der Waals surface area (Å²) in [5, 5.41) is 0. The second-order valence-corrected chi connectivity index (χ2v) is 4.80. The minimum atomic E-state index is 0.487. The summed E-state index contributed by atoms with van der Waals surface area (Å²) < 4.78 is 5.14. The summed E-state index contributed by atoms with van der Waals surface area (Å²) in [7, 11) is 3.91. The van der Waals surface area contributed by atoms with E-state index in [2.05, 4.69) is 45.3 Å². The molecule has 0 aromatic heterocycles. The highest BCUT2D eigenvalue weighted by Crippen LogP contribution is 2.14. The van der Waals surface area contributed by atoms with Crippen molar-refractivity contribution in [3.63, 3.8) is 0 Å². The van der Waals surface area contributed by atoms with Crippen LogP contribution >= 0.6 is 12.6 Å². The van der Waals surface area contributed by atoms with Gasteiger partial charge >= 0.3 is 0 Å². The van der Waals surface area contributed by atoms with E-state index < -0.39 is 0 Å². The third-order valence-corrected chi connectivity index (χ3v) is 3.33. The highest BCUT2D eigenvalue weighted by Gasteiger charge is 2.17. The molecule has 0 aliphatic heterocycles. The standard InChI is InChI=1S/C11H25NOS/c1-9(2)11(8-14)6-12(4)10(3)7-13-5/h9-11,14H,6-8H2,1-5H3. The maximum absolute atomic E-state index is 5.14. The fraction of sp³-hybridized carbons (Fsp3) is 1.00. The lowest BCUT2D eigenvalue weighted by atomic mass is 9.97. The number of rotatable bonds is 7. The Morgan fingerprint density at radius 3 is 2.21 bits per heavy atom. The smallest absolute Gasteiger partial charge is 0.0615 e. The van der Waals surface area contributed by atoms with Crippen LogP contribution in [0.25, 0.3) is 0 Å². The Bertz CT molecular complexity index is 141. The second-order valence-electron chi connectivity index (χ2n) is 4.43. The maximum atomic E-state index is 5.14. The number of hydrogen-bond acceptors (Lipinski definition) is 3. The number of nitrogens with zero attached hydrogens (tertiary/aromatic N) is 1. The Labute approximate surface area is 94.4 Å². The molecule has 2 unspecified atom stereocenters. The van der Waals surface area contributed by atoms with Crippen LogP contribution in [0.3, 0.4) is 0 Å². The molecule has 86 valence electrons. The van der Waals surface area contributed by atoms with Gasteiger partial charge in [0.1, 0.15) is 0 Å². The molecular formula is C11H25NOS. The van der Waals surface area contributed by atoms with Gasteiger partial charge in [0, 0.05) is 19.7 Å². The van der Waals surface area contributed by atoms with Crippen molar-refractivity contribution in [2.45, 2.75) is 26.8 Å². The molecule has 0 N–H and O–H groups in total. The van der Waals surface area contributed by atoms with Gasteiger partial charge in [-0.15, -0.1) is 0 Å². The summed E-state index contributed by atoms with van der Waals surface area (Å²) in [6.07, 6.45) is 0. The molecule has 0 fully saturated rings. The number of hydrogen-bond donors (Lipinski definition) is 1. The van der Waals surface area contributed by atoms with Gasteiger partial charge in [-0.3, -0.25) is 0 Å². The van der Waals surface area contributed by atoms with E-state index in [1.54, 1.807) is 7.11 Å². The van der Waals surface area contributed by atoms with E-state index in [9.17, 15) is 0 Å². The summed E-state index contributed by atoms with van der Waals surface area (Å²) in [6.45, 7) is 8.62. The van der Waals surface area contributed by atoms with E-state index >= 15 is 0 Å². The molecule has 0 rings (SSSR count). The first-order chi connectivity index (χ1) is 6.52. The number of likely N-dealkylation sites (N-methyl/N-ethyl adjacent to an activating group) is 1. The van der Waals surface area contributed by atoms with Crippen LogP contribution in [-0.2, 0) is 4.74 Å². The fourth-order valence-electron chi connectivity index (χ4n) is 1.40. The maximum Gasteiger partial charge on any atom is 0.0615 e. The van der Waals surface area contributed by atoms with Crippen LogP contribution in [0.2, 0.25) is 0 Å². The van der Waals surface area contributed by atoms with Crippen LogP contribution in [0.5, 0.6) is 0 Å². The van der Waals surface area contributed by atoms with Crippen molar-refractivity contribution in [2.24, 2.45) is 11.8 Å². The second kappa shape index (κ2) is 7.55. The van der Waals surface area contributed by atoms with Crippen LogP contribution in [-0.4, -0.2) is 44.0 Å². The molecule has 0 spiro atoms. The first kappa shape index (κ1) is 14.3. The predicted octanol–water partition coefficient (Wildman–Crippen LogP) is 2.16. The largest absolute Gasteiger partial charge is 0.383 e. The van der Waals surface area contributed by atoms with Crippen LogP contribution in [0.15, 0.2) is 0 Å². The zero-order chi connectivity index (χ0) is 11.1. The summed E-state index contributed by atoms with van der Waals surface area (Å²) in [5.74, 6) is 2.33. The summed E-state index contributed by atoms with van der Waals surface area (Å²) in [4.78, 5) is 2.35. The Kier molecular flexibility index (Phi) is 7.69. The van der Waals surface area contributed by atoms with Crippen molar-refractivity contribution in [1.82, 2.24) is 4.90 Å². The molecule has 2 nitrogen and oxygen atoms in total. The molecule has 2 atom stereocenters. The van der Waals surface area contributed by atoms with Crippen molar-refractivity contribution in [1.29, 1.82) is 0 Å². The van der Waals surface area contributed by atoms with Gasteiger partial charge in [0.05, 0.1) is 6.61 Å². The van der Waals surface area contributed by atoms with Crippen molar-refractivity contribution in [2.75, 3.05) is 33.1 Å². The Balaban J connectivity index is 3.94. The predicted molar refractivity (Wildman–Crippen MR) is 66.1 cm³/mol. The molecule has 0 aromatic rings. The van der Waals surface area contributed by atoms with Gasteiger partial charge < -0.3 is 9.64 Å². The molecule has 0 bridgehead atoms. The van der Waals surface area contributed by atoms with Crippen LogP contribution in [0.1, 0.15) is 20.8 Å². The molecule has 14 heavy (non-hydrogen) atoms. The monoisotopic (exact) mass is 219 g/mol. The van der Waals surface area contributed by atoms with Gasteiger partial charge in [0.2, 0.25) is 0 Å². The lowest BCUT2D eigenvalue weighted by molar-refractivity contribution is 0.102. The van der Waals surface area contributed by atoms with Crippen LogP contribution < -0.4 is 0 Å². The lowest BCUT2D eigenvalue weighted by Crippen LogP contribution is -2.38. The Morgan fingerprint density at radius 2 is 1.86 bits per heavy atom. The Hall–Kier alpha value is 0.270. The zero-order valence-electron chi connectivity index (χ0n) is 10.2. The van der Waals surface area contributed by atoms with E-state index in [1.807, 2.05) is 0 Å². The highest BCUT2D eigenvalue weighted by molar-refractivity contribution is 7.80. The van der Waals surface area contributed by atoms with Crippen molar-refractivity contribution < 1.29 is 4.74 Å². The molecule has 0 aliphatic rings. The quantitative estimate of drug-likeness (QED) is 0.659. The van der Waals surface area contributed by atoms with Crippen LogP contribution in [0.4, 0.5) is 0 Å². The molecule has 0 heterocycles. The first-order valence-electron chi connectivity index (χ1n) is 5.32. The van der Waals surface area contributed by atoms with Crippen molar-refractivity contribution >= 4 is 12.6 Å². The number of methoxy groups -OCH3 is 1. The van der Waals surface area contributed by atoms with E-state index in [-0.39, 0.29) is 0 Å². The van der Waals surface area contributed by atoms with Crippen molar-refractivity contribution in [3.8, 4) is 0 Å². The van der Waals surface area contributed by atoms with Crippen LogP contribution in [0, 0.1) is 11.8 Å². The van der Waals surface area contributed by atoms with Gasteiger partial charge in [0.25, 0.3) is 0 Å². The van der Waals surface area contributed by atoms with E-state index in [1.165, 1.54) is 0 Å². The van der Waals surface area contributed by atoms with E-state index in [0.717, 1.165) is 18.9 Å². The highest BCUT2D eigenvalue weighted by atomic mass is 32.1. The molecule has 0 aliphatic carbocycles. The topological polar surface area (TPSA) is 12.5 Å². The molecule has 0 saturated heterocycles. The first-order valence-corrected chi connectivity index (χ1v) is 5.96. The third-order valence-electron chi connectivity index (χ3n) is 2.86. The Morgan fingerprint density at radius 1 is 1.29 bits per heavy atom. The van der Waals surface area contributed by atoms with Gasteiger partial charge in [-0.2, -0.15) is 12.6 Å². The summed E-state index contributed by atoms with van der Waals surface area (Å²) in [6, 6.07) is 0.487. The third kappa shape index (κ3) is 5.23. The number of ether oxygens (including phenoxy) is 1. The van der Waals surface area contributed by atoms with E-state index in [0.29, 0.717) is 17.9 Å². The molecule has 0 aromatic carbocycles. The lowest BCUT2D eigenvalue weighted by Gasteiger charge is -2.29. The molecule has 3 heteroatoms. The normalized spacial score (nSPS) is 16.3. The summed E-state index contributed by atoms with van der Waals surface area (Å²) >= 11 is 4.39. The van der Waals surface area contributed by atoms with Gasteiger partial charge in [-0.25, -0.2) is 0 Å². The summed E-state index contributed by atoms with van der Waals surface area (Å²) in [5.41, 5.74) is 0. The fourth-order valence-corrected chi connectivity index (χ4v) is 1.93. The van der Waals surface area contributed by atoms with Gasteiger partial charge in [0.15, 0.2) is 0 Å². The molecule has 0 saturated carbocycles. The zero-order valence-corrected chi connectivity index (χ0v) is 11.1. The van der Waals surface area contributed by atoms with Gasteiger partial charge in [-0.1, -0.05) is 13.8 Å². The minimum Gasteiger partial charge on any atom is -0.383 e. The van der Waals surface area contributed by atoms with Crippen molar-refractivity contribution in [3.05, 3.63) is 0 Å². The average Bonchev–Trinajstić information content (AvgIpc) is 2.13. The molecule has 0 amide bonds.